The lowest BCUT2D eigenvalue weighted by Gasteiger charge is -1.88. The maximum absolute atomic E-state index is 4.72. The average Bonchev–Trinajstić information content (AvgIpc) is 2.14. The van der Waals surface area contributed by atoms with Crippen LogP contribution in [0.15, 0.2) is 30.3 Å². The van der Waals surface area contributed by atoms with Gasteiger partial charge in [-0.2, -0.15) is 0 Å². The molecular formula is C11H9O. The van der Waals surface area contributed by atoms with Gasteiger partial charge in [-0.25, -0.2) is 0 Å². The lowest BCUT2D eigenvalue weighted by atomic mass is 10.2. The summed E-state index contributed by atoms with van der Waals surface area (Å²) in [7, 11) is 0. The van der Waals surface area contributed by atoms with Crippen LogP contribution >= 0.6 is 0 Å². The normalized spacial score (nSPS) is 9.08. The van der Waals surface area contributed by atoms with Gasteiger partial charge in [0.25, 0.3) is 0 Å². The summed E-state index contributed by atoms with van der Waals surface area (Å²) in [6.45, 7) is 1.71. The van der Waals surface area contributed by atoms with Crippen LogP contribution in [0.1, 0.15) is 12.5 Å². The molecule has 1 nitrogen and oxygen atoms in total. The van der Waals surface area contributed by atoms with Crippen molar-refractivity contribution in [3.05, 3.63) is 42.2 Å². The van der Waals surface area contributed by atoms with Gasteiger partial charge in [-0.1, -0.05) is 36.3 Å². The summed E-state index contributed by atoms with van der Waals surface area (Å²) in [5.41, 5.74) is 1.05. The lowest BCUT2D eigenvalue weighted by Crippen LogP contribution is -1.70. The van der Waals surface area contributed by atoms with E-state index < -0.39 is 0 Å². The minimum Gasteiger partial charge on any atom is -0.404 e. The molecule has 0 N–H and O–H groups in total. The molecule has 1 rings (SSSR count). The van der Waals surface area contributed by atoms with Crippen LogP contribution in [0.2, 0.25) is 0 Å². The van der Waals surface area contributed by atoms with Gasteiger partial charge in [0.05, 0.1) is 0 Å². The second kappa shape index (κ2) is 5.03. The van der Waals surface area contributed by atoms with Crippen LogP contribution in [-0.2, 0) is 4.74 Å². The van der Waals surface area contributed by atoms with E-state index in [1.165, 1.54) is 0 Å². The highest BCUT2D eigenvalue weighted by Crippen LogP contribution is 1.99. The van der Waals surface area contributed by atoms with Crippen LogP contribution in [-0.4, -0.2) is 0 Å². The molecule has 1 radical (unpaired) electrons. The molecule has 0 unspecified atom stereocenters. The monoisotopic (exact) mass is 157 g/mol. The molecule has 0 aliphatic carbocycles. The predicted molar refractivity (Wildman–Crippen MR) is 48.7 cm³/mol. The Kier molecular flexibility index (Phi) is 3.53. The van der Waals surface area contributed by atoms with Gasteiger partial charge in [-0.15, -0.1) is 0 Å². The van der Waals surface area contributed by atoms with Crippen LogP contribution in [0.3, 0.4) is 0 Å². The third-order valence-corrected chi connectivity index (χ3v) is 1.24. The molecule has 1 aromatic rings. The van der Waals surface area contributed by atoms with Crippen molar-refractivity contribution in [3.8, 4) is 12.0 Å². The summed E-state index contributed by atoms with van der Waals surface area (Å²) in [6, 6.07) is 9.81. The molecule has 1 aromatic carbocycles. The second-order valence-corrected chi connectivity index (χ2v) is 2.13. The molecule has 1 heteroatoms. The quantitative estimate of drug-likeness (QED) is 0.473. The number of benzene rings is 1. The largest absolute Gasteiger partial charge is 0.404 e. The van der Waals surface area contributed by atoms with Gasteiger partial charge < -0.3 is 4.74 Å². The molecule has 12 heavy (non-hydrogen) atoms. The number of hydrogen-bond acceptors (Lipinski definition) is 1. The first-order valence-corrected chi connectivity index (χ1v) is 3.65. The fourth-order valence-electron chi connectivity index (χ4n) is 0.727. The highest BCUT2D eigenvalue weighted by molar-refractivity contribution is 5.45. The van der Waals surface area contributed by atoms with Gasteiger partial charge in [0.1, 0.15) is 6.11 Å². The van der Waals surface area contributed by atoms with Crippen LogP contribution in [0.25, 0.3) is 6.08 Å². The van der Waals surface area contributed by atoms with Crippen molar-refractivity contribution in [1.29, 1.82) is 0 Å². The first-order valence-electron chi connectivity index (χ1n) is 3.65. The van der Waals surface area contributed by atoms with Crippen LogP contribution in [0.4, 0.5) is 0 Å². The minimum absolute atomic E-state index is 1.05. The van der Waals surface area contributed by atoms with Crippen LogP contribution in [0, 0.1) is 18.3 Å². The molecule has 0 bridgehead atoms. The molecule has 0 saturated heterocycles. The van der Waals surface area contributed by atoms with Gasteiger partial charge in [-0.3, -0.25) is 0 Å². The van der Waals surface area contributed by atoms with Gasteiger partial charge in [0, 0.05) is 6.92 Å². The van der Waals surface area contributed by atoms with E-state index in [0.29, 0.717) is 0 Å². The summed E-state index contributed by atoms with van der Waals surface area (Å²) in [6.07, 6.45) is 6.77. The Bertz CT molecular complexity index is 301. The minimum atomic E-state index is 1.05. The molecule has 0 saturated carbocycles. The average molecular weight is 157 g/mol. The zero-order chi connectivity index (χ0) is 8.65. The van der Waals surface area contributed by atoms with E-state index in [0.717, 1.165) is 5.56 Å². The van der Waals surface area contributed by atoms with Crippen molar-refractivity contribution in [2.24, 2.45) is 0 Å². The van der Waals surface area contributed by atoms with Crippen LogP contribution < -0.4 is 0 Å². The van der Waals surface area contributed by atoms with E-state index >= 15 is 0 Å². The lowest BCUT2D eigenvalue weighted by molar-refractivity contribution is 0.415. The molecule has 0 amide bonds. The van der Waals surface area contributed by atoms with E-state index in [1.807, 2.05) is 30.3 Å². The maximum Gasteiger partial charge on any atom is 0.184 e. The molecule has 0 aromatic heterocycles. The zero-order valence-electron chi connectivity index (χ0n) is 6.87. The molecule has 0 aliphatic rings. The standard InChI is InChI=1S/C11H9O/c1-2-9-12-10-8-11-6-4-3-5-7-11/h3-8H,1H3. The highest BCUT2D eigenvalue weighted by Gasteiger charge is 1.81. The Morgan fingerprint density at radius 1 is 1.25 bits per heavy atom. The molecule has 59 valence electrons. The summed E-state index contributed by atoms with van der Waals surface area (Å²) in [4.78, 5) is 0. The SMILES string of the molecule is CC#CO/[C]=C/c1ccccc1. The fraction of sp³-hybridized carbons (Fsp3) is 0.0909. The van der Waals surface area contributed by atoms with Gasteiger partial charge in [0.2, 0.25) is 0 Å². The Morgan fingerprint density at radius 3 is 2.67 bits per heavy atom. The predicted octanol–water partition coefficient (Wildman–Crippen LogP) is 2.46. The summed E-state index contributed by atoms with van der Waals surface area (Å²) in [5, 5.41) is 0. The van der Waals surface area contributed by atoms with Crippen molar-refractivity contribution >= 4 is 6.08 Å². The molecule has 0 aliphatic heterocycles. The van der Waals surface area contributed by atoms with Crippen molar-refractivity contribution in [2.45, 2.75) is 6.92 Å². The third kappa shape index (κ3) is 2.94. The Morgan fingerprint density at radius 2 is 2.00 bits per heavy atom. The van der Waals surface area contributed by atoms with Crippen molar-refractivity contribution < 1.29 is 4.74 Å². The maximum atomic E-state index is 4.72. The number of hydrogen-bond donors (Lipinski definition) is 0. The summed E-state index contributed by atoms with van der Waals surface area (Å²) in [5.74, 6) is 2.60. The second-order valence-electron chi connectivity index (χ2n) is 2.13. The Labute approximate surface area is 72.7 Å². The molecular weight excluding hydrogens is 148 g/mol. The first kappa shape index (κ1) is 8.42. The Hall–Kier alpha value is -1.68. The summed E-state index contributed by atoms with van der Waals surface area (Å²) >= 11 is 0. The van der Waals surface area contributed by atoms with Gasteiger partial charge in [-0.05, 0) is 11.6 Å². The Balaban J connectivity index is 2.50. The van der Waals surface area contributed by atoms with Crippen molar-refractivity contribution in [1.82, 2.24) is 0 Å². The summed E-state index contributed by atoms with van der Waals surface area (Å²) < 4.78 is 4.72. The third-order valence-electron chi connectivity index (χ3n) is 1.24. The van der Waals surface area contributed by atoms with Crippen LogP contribution in [0.5, 0.6) is 0 Å². The smallest absolute Gasteiger partial charge is 0.184 e. The molecule has 0 spiro atoms. The van der Waals surface area contributed by atoms with E-state index in [1.54, 1.807) is 13.0 Å². The fourth-order valence-corrected chi connectivity index (χ4v) is 0.727. The van der Waals surface area contributed by atoms with E-state index in [9.17, 15) is 0 Å². The molecule has 0 heterocycles. The molecule has 0 fully saturated rings. The van der Waals surface area contributed by atoms with E-state index in [4.69, 9.17) is 4.74 Å². The van der Waals surface area contributed by atoms with E-state index in [-0.39, 0.29) is 0 Å². The molecule has 0 atom stereocenters. The zero-order valence-corrected chi connectivity index (χ0v) is 6.87. The van der Waals surface area contributed by atoms with Gasteiger partial charge >= 0.3 is 0 Å². The number of ether oxygens (including phenoxy) is 1. The van der Waals surface area contributed by atoms with Crippen molar-refractivity contribution in [2.75, 3.05) is 0 Å². The highest BCUT2D eigenvalue weighted by atomic mass is 16.5. The topological polar surface area (TPSA) is 9.23 Å². The van der Waals surface area contributed by atoms with Crippen molar-refractivity contribution in [3.63, 3.8) is 0 Å². The first-order chi connectivity index (χ1) is 5.93. The van der Waals surface area contributed by atoms with E-state index in [2.05, 4.69) is 18.3 Å². The van der Waals surface area contributed by atoms with Gasteiger partial charge in [0.15, 0.2) is 6.26 Å². The number of rotatable bonds is 2.